The molecule has 0 bridgehead atoms. The van der Waals surface area contributed by atoms with Crippen LogP contribution in [0, 0.1) is 0 Å². The third-order valence-corrected chi connectivity index (χ3v) is 3.87. The Labute approximate surface area is 155 Å². The van der Waals surface area contributed by atoms with Crippen LogP contribution in [0.3, 0.4) is 0 Å². The first kappa shape index (κ1) is 18.9. The first-order valence-electron chi connectivity index (χ1n) is 7.22. The van der Waals surface area contributed by atoms with Crippen molar-refractivity contribution in [3.63, 3.8) is 0 Å². The molecule has 0 unspecified atom stereocenters. The number of rotatable bonds is 8. The Morgan fingerprint density at radius 2 is 1.96 bits per heavy atom. The van der Waals surface area contributed by atoms with Crippen molar-refractivity contribution in [3.8, 4) is 11.5 Å². The third-order valence-electron chi connectivity index (χ3n) is 3.16. The number of nitrogens with zero attached hydrogens (tertiary/aromatic N) is 1. The molecule has 0 saturated carbocycles. The third kappa shape index (κ3) is 5.55. The van der Waals surface area contributed by atoms with Gasteiger partial charge in [0.15, 0.2) is 18.1 Å². The van der Waals surface area contributed by atoms with Crippen LogP contribution in [0.2, 0.25) is 10.0 Å². The van der Waals surface area contributed by atoms with Crippen molar-refractivity contribution < 1.29 is 19.4 Å². The van der Waals surface area contributed by atoms with Crippen molar-refractivity contribution >= 4 is 35.4 Å². The van der Waals surface area contributed by atoms with Crippen LogP contribution < -0.4 is 14.9 Å². The van der Waals surface area contributed by atoms with E-state index >= 15 is 0 Å². The van der Waals surface area contributed by atoms with Gasteiger partial charge in [-0.25, -0.2) is 4.79 Å². The lowest BCUT2D eigenvalue weighted by atomic mass is 10.2. The lowest BCUT2D eigenvalue weighted by Gasteiger charge is -2.09. The topological polar surface area (TPSA) is 80.1 Å². The van der Waals surface area contributed by atoms with E-state index in [0.29, 0.717) is 28.1 Å². The summed E-state index contributed by atoms with van der Waals surface area (Å²) in [7, 11) is 1.47. The molecule has 0 aliphatic heterocycles. The van der Waals surface area contributed by atoms with Crippen molar-refractivity contribution in [2.75, 3.05) is 13.7 Å². The molecule has 0 aromatic heterocycles. The number of hydrazone groups is 1. The van der Waals surface area contributed by atoms with E-state index in [4.69, 9.17) is 37.8 Å². The number of halogens is 2. The summed E-state index contributed by atoms with van der Waals surface area (Å²) in [5.41, 5.74) is 4.38. The fraction of sp³-hybridized carbons (Fsp3) is 0.176. The number of carboxylic acid groups (broad SMARTS) is 1. The van der Waals surface area contributed by atoms with Gasteiger partial charge in [-0.2, -0.15) is 5.10 Å². The summed E-state index contributed by atoms with van der Waals surface area (Å²) in [6.07, 6.45) is 1.59. The average molecular weight is 383 g/mol. The first-order chi connectivity index (χ1) is 12.0. The van der Waals surface area contributed by atoms with Crippen LogP contribution in [0.5, 0.6) is 11.5 Å². The van der Waals surface area contributed by atoms with Crippen LogP contribution in [0.4, 0.5) is 0 Å². The molecular formula is C17H16Cl2N2O4. The van der Waals surface area contributed by atoms with Crippen molar-refractivity contribution in [1.82, 2.24) is 5.43 Å². The Kier molecular flexibility index (Phi) is 6.91. The summed E-state index contributed by atoms with van der Waals surface area (Å²) in [6.45, 7) is -0.0596. The van der Waals surface area contributed by atoms with Gasteiger partial charge in [-0.05, 0) is 35.9 Å². The zero-order valence-corrected chi connectivity index (χ0v) is 14.8. The minimum atomic E-state index is -1.06. The highest BCUT2D eigenvalue weighted by Crippen LogP contribution is 2.27. The quantitative estimate of drug-likeness (QED) is 0.538. The molecule has 0 fully saturated rings. The van der Waals surface area contributed by atoms with Crippen LogP contribution in [-0.4, -0.2) is 31.0 Å². The molecule has 0 radical (unpaired) electrons. The lowest BCUT2D eigenvalue weighted by molar-refractivity contribution is -0.139. The van der Waals surface area contributed by atoms with E-state index in [-0.39, 0.29) is 0 Å². The number of hydrogen-bond donors (Lipinski definition) is 2. The molecular weight excluding hydrogens is 367 g/mol. The molecule has 2 rings (SSSR count). The Hall–Kier alpha value is -2.44. The Bertz CT molecular complexity index is 761. The van der Waals surface area contributed by atoms with E-state index in [1.165, 1.54) is 7.11 Å². The van der Waals surface area contributed by atoms with Gasteiger partial charge in [0, 0.05) is 15.6 Å². The molecule has 2 N–H and O–H groups in total. The highest BCUT2D eigenvalue weighted by molar-refractivity contribution is 6.35. The van der Waals surface area contributed by atoms with Gasteiger partial charge < -0.3 is 20.0 Å². The van der Waals surface area contributed by atoms with Crippen LogP contribution in [0.1, 0.15) is 11.1 Å². The molecule has 0 saturated heterocycles. The maximum absolute atomic E-state index is 10.6. The number of benzene rings is 2. The Balaban J connectivity index is 2.00. The largest absolute Gasteiger partial charge is 0.493 e. The molecule has 132 valence electrons. The van der Waals surface area contributed by atoms with E-state index in [0.717, 1.165) is 11.1 Å². The molecule has 0 amide bonds. The van der Waals surface area contributed by atoms with Crippen molar-refractivity contribution in [3.05, 3.63) is 57.6 Å². The summed E-state index contributed by atoms with van der Waals surface area (Å²) in [5, 5.41) is 13.9. The molecule has 0 spiro atoms. The second-order valence-corrected chi connectivity index (χ2v) is 5.70. The number of aliphatic carboxylic acids is 1. The molecule has 2 aromatic carbocycles. The number of carbonyl (C=O) groups is 1. The second-order valence-electron chi connectivity index (χ2n) is 4.89. The Morgan fingerprint density at radius 3 is 2.60 bits per heavy atom. The molecule has 8 heteroatoms. The summed E-state index contributed by atoms with van der Waals surface area (Å²) < 4.78 is 10.3. The molecule has 0 heterocycles. The summed E-state index contributed by atoms with van der Waals surface area (Å²) in [6, 6.07) is 10.3. The number of carboxylic acids is 1. The minimum absolute atomic E-state index is 0.345. The van der Waals surface area contributed by atoms with Crippen molar-refractivity contribution in [2.24, 2.45) is 5.10 Å². The number of ether oxygens (including phenoxy) is 2. The molecule has 25 heavy (non-hydrogen) atoms. The first-order valence-corrected chi connectivity index (χ1v) is 7.98. The van der Waals surface area contributed by atoms with Gasteiger partial charge in [0.2, 0.25) is 0 Å². The van der Waals surface area contributed by atoms with Crippen LogP contribution in [-0.2, 0) is 11.3 Å². The predicted octanol–water partition coefficient (Wildman–Crippen LogP) is 3.59. The van der Waals surface area contributed by atoms with Crippen LogP contribution >= 0.6 is 23.2 Å². The summed E-state index contributed by atoms with van der Waals surface area (Å²) in [5.74, 6) is -0.299. The van der Waals surface area contributed by atoms with E-state index in [1.807, 2.05) is 0 Å². The zero-order valence-electron chi connectivity index (χ0n) is 13.3. The predicted molar refractivity (Wildman–Crippen MR) is 97.0 cm³/mol. The monoisotopic (exact) mass is 382 g/mol. The highest BCUT2D eigenvalue weighted by atomic mass is 35.5. The standard InChI is InChI=1S/C17H16Cl2N2O4/c1-24-16-7-11(5-6-15(16)25-10-17(22)23)8-20-21-9-12-13(18)3-2-4-14(12)19/h2-8,21H,9-10H2,1H3,(H,22,23)/b20-8-. The molecule has 0 atom stereocenters. The molecule has 6 nitrogen and oxygen atoms in total. The maximum Gasteiger partial charge on any atom is 0.341 e. The Morgan fingerprint density at radius 1 is 1.24 bits per heavy atom. The van der Waals surface area contributed by atoms with Crippen LogP contribution in [0.25, 0.3) is 0 Å². The van der Waals surface area contributed by atoms with Gasteiger partial charge in [-0.3, -0.25) is 0 Å². The maximum atomic E-state index is 10.6. The second kappa shape index (κ2) is 9.15. The van der Waals surface area contributed by atoms with Crippen molar-refractivity contribution in [2.45, 2.75) is 6.54 Å². The number of hydrogen-bond acceptors (Lipinski definition) is 5. The molecule has 0 aliphatic carbocycles. The SMILES string of the molecule is COc1cc(/C=N\NCc2c(Cl)cccc2Cl)ccc1OCC(=O)O. The van der Waals surface area contributed by atoms with Gasteiger partial charge in [0.05, 0.1) is 19.9 Å². The fourth-order valence-corrected chi connectivity index (χ4v) is 2.50. The summed E-state index contributed by atoms with van der Waals surface area (Å²) in [4.78, 5) is 10.6. The lowest BCUT2D eigenvalue weighted by Crippen LogP contribution is -2.10. The van der Waals surface area contributed by atoms with Crippen LogP contribution in [0.15, 0.2) is 41.5 Å². The highest BCUT2D eigenvalue weighted by Gasteiger charge is 2.07. The van der Waals surface area contributed by atoms with Crippen molar-refractivity contribution in [1.29, 1.82) is 0 Å². The van der Waals surface area contributed by atoms with Gasteiger partial charge in [0.25, 0.3) is 0 Å². The van der Waals surface area contributed by atoms with Gasteiger partial charge >= 0.3 is 5.97 Å². The number of nitrogens with one attached hydrogen (secondary N) is 1. The molecule has 2 aromatic rings. The van der Waals surface area contributed by atoms with Gasteiger partial charge in [-0.1, -0.05) is 29.3 Å². The normalized spacial score (nSPS) is 10.7. The van der Waals surface area contributed by atoms with E-state index < -0.39 is 12.6 Å². The van der Waals surface area contributed by atoms with E-state index in [2.05, 4.69) is 10.5 Å². The smallest absolute Gasteiger partial charge is 0.341 e. The minimum Gasteiger partial charge on any atom is -0.493 e. The van der Waals surface area contributed by atoms with Gasteiger partial charge in [-0.15, -0.1) is 0 Å². The van der Waals surface area contributed by atoms with E-state index in [9.17, 15) is 4.79 Å². The molecule has 0 aliphatic rings. The zero-order chi connectivity index (χ0) is 18.2. The fourth-order valence-electron chi connectivity index (χ4n) is 1.97. The average Bonchev–Trinajstić information content (AvgIpc) is 2.59. The summed E-state index contributed by atoms with van der Waals surface area (Å²) >= 11 is 12.2. The van der Waals surface area contributed by atoms with Gasteiger partial charge in [0.1, 0.15) is 0 Å². The number of methoxy groups -OCH3 is 1. The van der Waals surface area contributed by atoms with E-state index in [1.54, 1.807) is 42.6 Å².